The van der Waals surface area contributed by atoms with Crippen LogP contribution in [0.1, 0.15) is 19.3 Å². The van der Waals surface area contributed by atoms with Gasteiger partial charge in [0.15, 0.2) is 14.6 Å². The summed E-state index contributed by atoms with van der Waals surface area (Å²) in [5.74, 6) is -1.24. The second-order valence-electron chi connectivity index (χ2n) is 4.11. The van der Waals surface area contributed by atoms with E-state index in [1.807, 2.05) is 0 Å². The lowest BCUT2D eigenvalue weighted by Crippen LogP contribution is -2.51. The zero-order valence-corrected chi connectivity index (χ0v) is 11.3. The number of halogens is 1. The monoisotopic (exact) mass is 318 g/mol. The molecule has 0 saturated heterocycles. The highest BCUT2D eigenvalue weighted by molar-refractivity contribution is 9.10. The Hall–Kier alpha value is -0.880. The van der Waals surface area contributed by atoms with E-state index >= 15 is 0 Å². The van der Waals surface area contributed by atoms with Crippen LogP contribution in [0.15, 0.2) is 33.6 Å². The first kappa shape index (κ1) is 12.6. The third kappa shape index (κ3) is 1.79. The average Bonchev–Trinajstić information content (AvgIpc) is 2.14. The summed E-state index contributed by atoms with van der Waals surface area (Å²) >= 11 is 3.21. The molecule has 0 spiro atoms. The summed E-state index contributed by atoms with van der Waals surface area (Å²) in [6, 6.07) is 6.06. The molecule has 92 valence electrons. The molecule has 0 unspecified atom stereocenters. The lowest BCUT2D eigenvalue weighted by atomic mass is 9.84. The maximum atomic E-state index is 12.3. The fraction of sp³-hybridized carbons (Fsp3) is 0.364. The molecule has 1 aromatic rings. The minimum absolute atomic E-state index is 0.0720. The molecule has 0 aliphatic heterocycles. The number of sulfone groups is 1. The van der Waals surface area contributed by atoms with Crippen molar-refractivity contribution in [3.8, 4) is 0 Å². The number of hydrogen-bond acceptors (Lipinski definition) is 3. The maximum absolute atomic E-state index is 12.3. The lowest BCUT2D eigenvalue weighted by molar-refractivity contribution is -0.142. The topological polar surface area (TPSA) is 71.4 Å². The van der Waals surface area contributed by atoms with Gasteiger partial charge >= 0.3 is 5.97 Å². The minimum atomic E-state index is -3.80. The van der Waals surface area contributed by atoms with Gasteiger partial charge in [0.1, 0.15) is 0 Å². The lowest BCUT2D eigenvalue weighted by Gasteiger charge is -2.36. The molecular formula is C11H11BrO4S. The van der Waals surface area contributed by atoms with Gasteiger partial charge in [-0.3, -0.25) is 4.79 Å². The molecule has 1 aliphatic carbocycles. The quantitative estimate of drug-likeness (QED) is 0.927. The number of hydrogen-bond donors (Lipinski definition) is 1. The third-order valence-corrected chi connectivity index (χ3v) is 6.22. The molecule has 1 aromatic carbocycles. The van der Waals surface area contributed by atoms with E-state index in [1.54, 1.807) is 12.1 Å². The van der Waals surface area contributed by atoms with Crippen LogP contribution >= 0.6 is 15.9 Å². The molecule has 1 fully saturated rings. The van der Waals surface area contributed by atoms with E-state index in [9.17, 15) is 13.2 Å². The summed E-state index contributed by atoms with van der Waals surface area (Å²) in [7, 11) is -3.80. The number of benzene rings is 1. The molecule has 0 atom stereocenters. The summed E-state index contributed by atoms with van der Waals surface area (Å²) in [5, 5.41) is 9.15. The first-order chi connectivity index (χ1) is 7.90. The van der Waals surface area contributed by atoms with Crippen molar-refractivity contribution in [3.63, 3.8) is 0 Å². The Morgan fingerprint density at radius 1 is 1.24 bits per heavy atom. The Morgan fingerprint density at radius 2 is 1.76 bits per heavy atom. The van der Waals surface area contributed by atoms with Crippen LogP contribution in [-0.2, 0) is 14.6 Å². The molecule has 17 heavy (non-hydrogen) atoms. The molecular weight excluding hydrogens is 308 g/mol. The molecule has 0 radical (unpaired) electrons. The third-order valence-electron chi connectivity index (χ3n) is 3.19. The van der Waals surface area contributed by atoms with E-state index < -0.39 is 20.6 Å². The van der Waals surface area contributed by atoms with Gasteiger partial charge in [-0.1, -0.05) is 15.9 Å². The van der Waals surface area contributed by atoms with E-state index in [-0.39, 0.29) is 17.7 Å². The first-order valence-corrected chi connectivity index (χ1v) is 7.41. The van der Waals surface area contributed by atoms with Crippen molar-refractivity contribution in [3.05, 3.63) is 28.7 Å². The van der Waals surface area contributed by atoms with Crippen molar-refractivity contribution in [2.45, 2.75) is 28.9 Å². The van der Waals surface area contributed by atoms with Gasteiger partial charge in [0, 0.05) is 4.47 Å². The molecule has 6 heteroatoms. The Balaban J connectivity index is 2.49. The Morgan fingerprint density at radius 3 is 2.12 bits per heavy atom. The number of carboxylic acid groups (broad SMARTS) is 1. The highest BCUT2D eigenvalue weighted by atomic mass is 79.9. The van der Waals surface area contributed by atoms with Crippen LogP contribution in [-0.4, -0.2) is 24.2 Å². The van der Waals surface area contributed by atoms with Crippen molar-refractivity contribution in [2.75, 3.05) is 0 Å². The predicted molar refractivity (Wildman–Crippen MR) is 65.5 cm³/mol. The Labute approximate surface area is 108 Å². The van der Waals surface area contributed by atoms with Crippen molar-refractivity contribution in [2.24, 2.45) is 0 Å². The van der Waals surface area contributed by atoms with Gasteiger partial charge in [-0.05, 0) is 43.5 Å². The van der Waals surface area contributed by atoms with Gasteiger partial charge in [-0.15, -0.1) is 0 Å². The van der Waals surface area contributed by atoms with Crippen LogP contribution in [0.4, 0.5) is 0 Å². The van der Waals surface area contributed by atoms with Crippen LogP contribution in [0.25, 0.3) is 0 Å². The summed E-state index contributed by atoms with van der Waals surface area (Å²) in [4.78, 5) is 11.3. The molecule has 4 nitrogen and oxygen atoms in total. The average molecular weight is 319 g/mol. The number of carbonyl (C=O) groups is 1. The number of carboxylic acids is 1. The molecule has 0 bridgehead atoms. The molecule has 0 heterocycles. The second kappa shape index (κ2) is 4.10. The van der Waals surface area contributed by atoms with Gasteiger partial charge in [0.2, 0.25) is 0 Å². The SMILES string of the molecule is O=C(O)C1(S(=O)(=O)c2ccc(Br)cc2)CCC1. The standard InChI is InChI=1S/C11H11BrO4S/c12-8-2-4-9(5-3-8)17(15,16)11(10(13)14)6-1-7-11/h2-5H,1,6-7H2,(H,13,14). The van der Waals surface area contributed by atoms with Crippen molar-refractivity contribution in [1.82, 2.24) is 0 Å². The van der Waals surface area contributed by atoms with Gasteiger partial charge < -0.3 is 5.11 Å². The molecule has 1 N–H and O–H groups in total. The molecule has 0 aromatic heterocycles. The highest BCUT2D eigenvalue weighted by Gasteiger charge is 2.56. The van der Waals surface area contributed by atoms with Gasteiger partial charge in [-0.25, -0.2) is 8.42 Å². The zero-order valence-electron chi connectivity index (χ0n) is 8.89. The highest BCUT2D eigenvalue weighted by Crippen LogP contribution is 2.43. The zero-order chi connectivity index (χ0) is 12.7. The first-order valence-electron chi connectivity index (χ1n) is 5.14. The Kier molecular flexibility index (Phi) is 3.03. The minimum Gasteiger partial charge on any atom is -0.480 e. The van der Waals surface area contributed by atoms with Crippen LogP contribution < -0.4 is 0 Å². The largest absolute Gasteiger partial charge is 0.480 e. The van der Waals surface area contributed by atoms with Gasteiger partial charge in [-0.2, -0.15) is 0 Å². The summed E-state index contributed by atoms with van der Waals surface area (Å²) < 4.78 is 23.7. The Bertz CT molecular complexity index is 543. The number of rotatable bonds is 3. The van der Waals surface area contributed by atoms with E-state index in [1.165, 1.54) is 12.1 Å². The van der Waals surface area contributed by atoms with Crippen molar-refractivity contribution in [1.29, 1.82) is 0 Å². The van der Waals surface area contributed by atoms with Crippen LogP contribution in [0.2, 0.25) is 0 Å². The van der Waals surface area contributed by atoms with E-state index in [0.29, 0.717) is 6.42 Å². The molecule has 1 aliphatic rings. The smallest absolute Gasteiger partial charge is 0.325 e. The summed E-state index contributed by atoms with van der Waals surface area (Å²) in [6.07, 6.45) is 1.03. The van der Waals surface area contributed by atoms with Gasteiger partial charge in [0.25, 0.3) is 0 Å². The molecule has 2 rings (SSSR count). The van der Waals surface area contributed by atoms with Crippen LogP contribution in [0.3, 0.4) is 0 Å². The van der Waals surface area contributed by atoms with E-state index in [2.05, 4.69) is 15.9 Å². The molecule has 0 amide bonds. The fourth-order valence-electron chi connectivity index (χ4n) is 1.93. The predicted octanol–water partition coefficient (Wildman–Crippen LogP) is 2.23. The fourth-order valence-corrected chi connectivity index (χ4v) is 4.20. The van der Waals surface area contributed by atoms with E-state index in [0.717, 1.165) is 4.47 Å². The maximum Gasteiger partial charge on any atom is 0.325 e. The molecule has 1 saturated carbocycles. The van der Waals surface area contributed by atoms with E-state index in [4.69, 9.17) is 5.11 Å². The van der Waals surface area contributed by atoms with Crippen molar-refractivity contribution < 1.29 is 18.3 Å². The van der Waals surface area contributed by atoms with Gasteiger partial charge in [0.05, 0.1) is 4.90 Å². The summed E-state index contributed by atoms with van der Waals surface area (Å²) in [5.41, 5.74) is 0. The van der Waals surface area contributed by atoms with Crippen molar-refractivity contribution >= 4 is 31.7 Å². The normalized spacial score (nSPS) is 18.4. The van der Waals surface area contributed by atoms with Crippen LogP contribution in [0.5, 0.6) is 0 Å². The van der Waals surface area contributed by atoms with Crippen LogP contribution in [0, 0.1) is 0 Å². The number of aliphatic carboxylic acids is 1. The second-order valence-corrected chi connectivity index (χ2v) is 7.29. The summed E-state index contributed by atoms with van der Waals surface area (Å²) in [6.45, 7) is 0.